The van der Waals surface area contributed by atoms with Gasteiger partial charge < -0.3 is 19.5 Å². The molecule has 10 heteroatoms. The molecule has 244 valence electrons. The van der Waals surface area contributed by atoms with Crippen LogP contribution in [0.5, 0.6) is 11.5 Å². The summed E-state index contributed by atoms with van der Waals surface area (Å²) in [4.78, 5) is 51.7. The Balaban J connectivity index is 1.35. The van der Waals surface area contributed by atoms with Crippen molar-refractivity contribution in [3.63, 3.8) is 0 Å². The van der Waals surface area contributed by atoms with Crippen LogP contribution in [-0.4, -0.2) is 64.4 Å². The van der Waals surface area contributed by atoms with E-state index >= 15 is 0 Å². The van der Waals surface area contributed by atoms with Gasteiger partial charge in [-0.15, -0.1) is 11.3 Å². The average molecular weight is 646 g/mol. The average Bonchev–Trinajstić information content (AvgIpc) is 3.33. The lowest BCUT2D eigenvalue weighted by Gasteiger charge is -2.25. The van der Waals surface area contributed by atoms with E-state index in [-0.39, 0.29) is 29.9 Å². The Labute approximate surface area is 274 Å². The minimum absolute atomic E-state index is 0.0637. The number of methoxy groups -OCH3 is 1. The second kappa shape index (κ2) is 12.8. The van der Waals surface area contributed by atoms with E-state index < -0.39 is 29.3 Å². The number of aliphatic carboxylic acids is 1. The molecule has 3 heterocycles. The van der Waals surface area contributed by atoms with Crippen LogP contribution >= 0.6 is 11.3 Å². The number of fused-ring (bicyclic) bond motifs is 3. The van der Waals surface area contributed by atoms with Crippen molar-refractivity contribution in [3.05, 3.63) is 47.0 Å². The van der Waals surface area contributed by atoms with Gasteiger partial charge in [-0.2, -0.15) is 0 Å². The first-order chi connectivity index (χ1) is 22.0. The summed E-state index contributed by atoms with van der Waals surface area (Å²) in [5, 5.41) is 13.8. The van der Waals surface area contributed by atoms with Crippen molar-refractivity contribution in [1.29, 1.82) is 0 Å². The number of allylic oxidation sites excluding steroid dienone is 2. The maximum atomic E-state index is 13.9. The Kier molecular flexibility index (Phi) is 8.93. The fraction of sp³-hybridized carbons (Fsp3) is 0.528. The van der Waals surface area contributed by atoms with Gasteiger partial charge in [-0.1, -0.05) is 26.0 Å². The number of carboxylic acids is 1. The molecule has 1 aromatic carbocycles. The Morgan fingerprint density at radius 1 is 1.13 bits per heavy atom. The SMILES string of the molecule is COc1ccc2c(O[C@@H]3C[C@H]4C(=O)C[C@]5(C(=O)O)C[C@H]5/C=C\CCCCN(C)C(=O)[C@@H]4C3)cc(-c3nc(C(C)C)cs3)nc2c1C. The minimum atomic E-state index is -1.08. The number of Topliss-reactive ketones (excluding diaryl/α,β-unsaturated/α-hetero) is 1. The zero-order valence-electron chi connectivity index (χ0n) is 27.2. The van der Waals surface area contributed by atoms with Gasteiger partial charge in [0.15, 0.2) is 0 Å². The van der Waals surface area contributed by atoms with Crippen LogP contribution in [0, 0.1) is 30.1 Å². The number of thiazole rings is 1. The number of benzene rings is 1. The highest BCUT2D eigenvalue weighted by molar-refractivity contribution is 7.13. The summed E-state index contributed by atoms with van der Waals surface area (Å²) in [5.74, 6) is -0.859. The molecule has 5 atom stereocenters. The fourth-order valence-electron chi connectivity index (χ4n) is 7.19. The van der Waals surface area contributed by atoms with Gasteiger partial charge in [0.2, 0.25) is 5.91 Å². The molecule has 0 saturated heterocycles. The molecule has 0 radical (unpaired) electrons. The molecule has 3 aliphatic rings. The van der Waals surface area contributed by atoms with Crippen LogP contribution in [0.3, 0.4) is 0 Å². The van der Waals surface area contributed by atoms with E-state index in [0.29, 0.717) is 37.3 Å². The maximum Gasteiger partial charge on any atom is 0.310 e. The number of rotatable bonds is 6. The molecular weight excluding hydrogens is 602 g/mol. The summed E-state index contributed by atoms with van der Waals surface area (Å²) in [6, 6.07) is 5.74. The van der Waals surface area contributed by atoms with E-state index in [1.807, 2.05) is 37.3 Å². The van der Waals surface area contributed by atoms with Gasteiger partial charge in [0.25, 0.3) is 0 Å². The summed E-state index contributed by atoms with van der Waals surface area (Å²) in [6.07, 6.45) is 7.32. The number of hydrogen-bond acceptors (Lipinski definition) is 8. The number of amides is 1. The first-order valence-corrected chi connectivity index (χ1v) is 17.2. The molecule has 46 heavy (non-hydrogen) atoms. The number of ether oxygens (including phenoxy) is 2. The third-order valence-electron chi connectivity index (χ3n) is 10.2. The molecule has 0 spiro atoms. The van der Waals surface area contributed by atoms with Crippen LogP contribution in [0.1, 0.15) is 76.0 Å². The summed E-state index contributed by atoms with van der Waals surface area (Å²) in [7, 11) is 3.43. The van der Waals surface area contributed by atoms with Crippen LogP contribution in [0.2, 0.25) is 0 Å². The molecule has 1 amide bonds. The molecule has 9 nitrogen and oxygen atoms in total. The van der Waals surface area contributed by atoms with Crippen LogP contribution in [0.25, 0.3) is 21.6 Å². The molecule has 1 N–H and O–H groups in total. The molecule has 1 aliphatic heterocycles. The fourth-order valence-corrected chi connectivity index (χ4v) is 8.13. The molecular formula is C36H43N3O6S. The lowest BCUT2D eigenvalue weighted by molar-refractivity contribution is -0.147. The van der Waals surface area contributed by atoms with Crippen molar-refractivity contribution in [2.45, 2.75) is 77.7 Å². The van der Waals surface area contributed by atoms with E-state index in [2.05, 4.69) is 19.2 Å². The van der Waals surface area contributed by atoms with Crippen molar-refractivity contribution in [2.24, 2.45) is 23.2 Å². The Morgan fingerprint density at radius 2 is 1.91 bits per heavy atom. The number of aryl methyl sites for hydroxylation is 1. The zero-order chi connectivity index (χ0) is 32.7. The standard InChI is InChI=1S/C36H43N3O6S/c1-20(2)28-19-46-33(38-28)27-16-31(24-11-12-30(44-5)21(3)32(24)37-27)45-23-14-25-26(15-23)34(41)39(4)13-9-7-6-8-10-22-17-36(22,35(42)43)18-29(25)40/h8,10-12,16,19-20,22-23,25-26H,6-7,9,13-15,17-18H2,1-5H3,(H,42,43)/b10-8-/t22-,23-,25-,26-,36-/m1/s1. The van der Waals surface area contributed by atoms with E-state index in [4.69, 9.17) is 19.4 Å². The van der Waals surface area contributed by atoms with Crippen LogP contribution in [0.15, 0.2) is 35.7 Å². The zero-order valence-corrected chi connectivity index (χ0v) is 28.1. The minimum Gasteiger partial charge on any atom is -0.496 e. The predicted octanol–water partition coefficient (Wildman–Crippen LogP) is 6.82. The normalized spacial score (nSPS) is 27.7. The molecule has 2 aliphatic carbocycles. The van der Waals surface area contributed by atoms with Crippen molar-refractivity contribution in [2.75, 3.05) is 20.7 Å². The number of pyridine rings is 1. The highest BCUT2D eigenvalue weighted by Gasteiger charge is 2.61. The number of hydrogen-bond donors (Lipinski definition) is 1. The second-order valence-corrected chi connectivity index (χ2v) is 14.4. The number of carbonyl (C=O) groups excluding carboxylic acids is 2. The largest absolute Gasteiger partial charge is 0.496 e. The Morgan fingerprint density at radius 3 is 2.63 bits per heavy atom. The monoisotopic (exact) mass is 645 g/mol. The summed E-state index contributed by atoms with van der Waals surface area (Å²) in [5.41, 5.74) is 2.23. The third kappa shape index (κ3) is 6.04. The smallest absolute Gasteiger partial charge is 0.310 e. The van der Waals surface area contributed by atoms with Gasteiger partial charge in [0, 0.05) is 48.3 Å². The van der Waals surface area contributed by atoms with Gasteiger partial charge >= 0.3 is 5.97 Å². The van der Waals surface area contributed by atoms with Crippen LogP contribution in [-0.2, 0) is 14.4 Å². The first kappa shape index (κ1) is 32.2. The molecule has 2 fully saturated rings. The lowest BCUT2D eigenvalue weighted by Crippen LogP contribution is -2.38. The number of carboxylic acid groups (broad SMARTS) is 1. The van der Waals surface area contributed by atoms with Gasteiger partial charge in [-0.25, -0.2) is 9.97 Å². The Hall–Kier alpha value is -3.79. The van der Waals surface area contributed by atoms with Gasteiger partial charge in [0.05, 0.1) is 29.7 Å². The highest BCUT2D eigenvalue weighted by atomic mass is 32.1. The van der Waals surface area contributed by atoms with Gasteiger partial charge in [-0.05, 0) is 69.4 Å². The van der Waals surface area contributed by atoms with Crippen molar-refractivity contribution < 1.29 is 29.0 Å². The number of aromatic nitrogens is 2. The van der Waals surface area contributed by atoms with Gasteiger partial charge in [-0.3, -0.25) is 14.4 Å². The molecule has 2 aromatic heterocycles. The van der Waals surface area contributed by atoms with Crippen LogP contribution < -0.4 is 9.47 Å². The maximum absolute atomic E-state index is 13.9. The van der Waals surface area contributed by atoms with E-state index in [1.165, 1.54) is 11.3 Å². The number of ketones is 1. The number of nitrogens with zero attached hydrogens (tertiary/aromatic N) is 3. The van der Waals surface area contributed by atoms with E-state index in [0.717, 1.165) is 52.2 Å². The molecule has 2 saturated carbocycles. The van der Waals surface area contributed by atoms with Crippen molar-refractivity contribution >= 4 is 39.9 Å². The predicted molar refractivity (Wildman–Crippen MR) is 177 cm³/mol. The van der Waals surface area contributed by atoms with E-state index in [9.17, 15) is 19.5 Å². The molecule has 0 bridgehead atoms. The third-order valence-corrected chi connectivity index (χ3v) is 11.0. The summed E-state index contributed by atoms with van der Waals surface area (Å²) >= 11 is 1.54. The lowest BCUT2D eigenvalue weighted by atomic mass is 9.84. The quantitative estimate of drug-likeness (QED) is 0.290. The summed E-state index contributed by atoms with van der Waals surface area (Å²) in [6.45, 7) is 6.79. The van der Waals surface area contributed by atoms with Crippen molar-refractivity contribution in [3.8, 4) is 22.2 Å². The van der Waals surface area contributed by atoms with Crippen molar-refractivity contribution in [1.82, 2.24) is 14.9 Å². The summed E-state index contributed by atoms with van der Waals surface area (Å²) < 4.78 is 12.3. The molecule has 3 aromatic rings. The highest BCUT2D eigenvalue weighted by Crippen LogP contribution is 2.57. The van der Waals surface area contributed by atoms with Gasteiger partial charge in [0.1, 0.15) is 34.1 Å². The van der Waals surface area contributed by atoms with E-state index in [1.54, 1.807) is 19.1 Å². The van der Waals surface area contributed by atoms with Crippen LogP contribution in [0.4, 0.5) is 0 Å². The Bertz CT molecular complexity index is 1700. The second-order valence-electron chi connectivity index (χ2n) is 13.5. The first-order valence-electron chi connectivity index (χ1n) is 16.3. The molecule has 0 unspecified atom stereocenters. The molecule has 6 rings (SSSR count). The topological polar surface area (TPSA) is 119 Å². The number of carbonyl (C=O) groups is 3.